The summed E-state index contributed by atoms with van der Waals surface area (Å²) >= 11 is 0. The van der Waals surface area contributed by atoms with E-state index in [-0.39, 0.29) is 30.6 Å². The normalized spacial score (nSPS) is 14.9. The maximum absolute atomic E-state index is 12.3. The van der Waals surface area contributed by atoms with Crippen LogP contribution in [0.3, 0.4) is 0 Å². The third-order valence-electron chi connectivity index (χ3n) is 4.31. The number of nitrogens with one attached hydrogen (secondary N) is 2. The van der Waals surface area contributed by atoms with Crippen molar-refractivity contribution < 1.29 is 19.5 Å². The molecule has 2 amide bonds. The van der Waals surface area contributed by atoms with Crippen molar-refractivity contribution in [2.24, 2.45) is 5.92 Å². The highest BCUT2D eigenvalue weighted by Gasteiger charge is 2.21. The molecule has 1 aromatic carbocycles. The summed E-state index contributed by atoms with van der Waals surface area (Å²) in [5, 5.41) is 14.2. The van der Waals surface area contributed by atoms with Gasteiger partial charge in [0.25, 0.3) is 0 Å². The largest absolute Gasteiger partial charge is 0.481 e. The first kappa shape index (κ1) is 18.0. The summed E-state index contributed by atoms with van der Waals surface area (Å²) in [5.41, 5.74) is 2.20. The van der Waals surface area contributed by atoms with Gasteiger partial charge >= 0.3 is 5.97 Å². The van der Waals surface area contributed by atoms with Crippen molar-refractivity contribution >= 4 is 29.2 Å². The Morgan fingerprint density at radius 1 is 1.08 bits per heavy atom. The predicted octanol–water partition coefficient (Wildman–Crippen LogP) is 3.32. The molecule has 0 spiro atoms. The van der Waals surface area contributed by atoms with E-state index in [1.54, 1.807) is 18.2 Å². The quantitative estimate of drug-likeness (QED) is 0.744. The first-order chi connectivity index (χ1) is 11.5. The molecular formula is C18H24N2O4. The fourth-order valence-electron chi connectivity index (χ4n) is 2.93. The molecule has 0 atom stereocenters. The van der Waals surface area contributed by atoms with E-state index in [1.807, 2.05) is 6.92 Å². The molecule has 1 aromatic rings. The molecule has 0 radical (unpaired) electrons. The van der Waals surface area contributed by atoms with E-state index in [9.17, 15) is 14.4 Å². The fraction of sp³-hybridized carbons (Fsp3) is 0.500. The Labute approximate surface area is 141 Å². The number of carboxylic acid groups (broad SMARTS) is 1. The molecule has 6 heteroatoms. The zero-order valence-corrected chi connectivity index (χ0v) is 13.9. The number of anilines is 2. The highest BCUT2D eigenvalue weighted by atomic mass is 16.4. The molecule has 24 heavy (non-hydrogen) atoms. The van der Waals surface area contributed by atoms with Crippen LogP contribution in [0.25, 0.3) is 0 Å². The lowest BCUT2D eigenvalue weighted by Gasteiger charge is -2.21. The van der Waals surface area contributed by atoms with Crippen LogP contribution in [-0.2, 0) is 14.4 Å². The Morgan fingerprint density at radius 3 is 2.42 bits per heavy atom. The van der Waals surface area contributed by atoms with Gasteiger partial charge in [0.1, 0.15) is 0 Å². The van der Waals surface area contributed by atoms with Crippen molar-refractivity contribution in [3.05, 3.63) is 23.8 Å². The number of hydrogen-bond acceptors (Lipinski definition) is 3. The first-order valence-electron chi connectivity index (χ1n) is 8.39. The van der Waals surface area contributed by atoms with Crippen LogP contribution >= 0.6 is 0 Å². The van der Waals surface area contributed by atoms with Crippen molar-refractivity contribution in [2.75, 3.05) is 10.6 Å². The number of carbonyl (C=O) groups excluding carboxylic acids is 2. The average Bonchev–Trinajstić information content (AvgIpc) is 2.56. The molecule has 0 saturated heterocycles. The number of carbonyl (C=O) groups is 3. The van der Waals surface area contributed by atoms with Gasteiger partial charge in [-0.15, -0.1) is 0 Å². The summed E-state index contributed by atoms with van der Waals surface area (Å²) in [6, 6.07) is 5.25. The summed E-state index contributed by atoms with van der Waals surface area (Å²) < 4.78 is 0. The highest BCUT2D eigenvalue weighted by molar-refractivity contribution is 5.95. The minimum atomic E-state index is -0.998. The SMILES string of the molecule is Cc1cc(NC(=O)CCC(=O)O)ccc1NC(=O)C1CCCCC1. The van der Waals surface area contributed by atoms with Crippen molar-refractivity contribution in [1.82, 2.24) is 0 Å². The smallest absolute Gasteiger partial charge is 0.303 e. The van der Waals surface area contributed by atoms with E-state index in [1.165, 1.54) is 6.42 Å². The van der Waals surface area contributed by atoms with Gasteiger partial charge in [-0.1, -0.05) is 19.3 Å². The van der Waals surface area contributed by atoms with Crippen LogP contribution in [0.5, 0.6) is 0 Å². The molecule has 0 unspecified atom stereocenters. The molecule has 0 aromatic heterocycles. The summed E-state index contributed by atoms with van der Waals surface area (Å²) in [6.07, 6.45) is 5.07. The second kappa shape index (κ2) is 8.47. The van der Waals surface area contributed by atoms with Crippen molar-refractivity contribution in [3.8, 4) is 0 Å². The molecule has 1 saturated carbocycles. The second-order valence-corrected chi connectivity index (χ2v) is 6.30. The first-order valence-corrected chi connectivity index (χ1v) is 8.39. The van der Waals surface area contributed by atoms with Crippen LogP contribution in [0.4, 0.5) is 11.4 Å². The van der Waals surface area contributed by atoms with Gasteiger partial charge in [-0.25, -0.2) is 0 Å². The number of benzene rings is 1. The average molecular weight is 332 g/mol. The molecule has 0 bridgehead atoms. The maximum Gasteiger partial charge on any atom is 0.303 e. The molecule has 1 aliphatic carbocycles. The number of carboxylic acids is 1. The molecular weight excluding hydrogens is 308 g/mol. The van der Waals surface area contributed by atoms with Crippen LogP contribution in [0.15, 0.2) is 18.2 Å². The topological polar surface area (TPSA) is 95.5 Å². The molecule has 1 fully saturated rings. The monoisotopic (exact) mass is 332 g/mol. The summed E-state index contributed by atoms with van der Waals surface area (Å²) in [7, 11) is 0. The van der Waals surface area contributed by atoms with Crippen molar-refractivity contribution in [2.45, 2.75) is 51.9 Å². The van der Waals surface area contributed by atoms with E-state index >= 15 is 0 Å². The van der Waals surface area contributed by atoms with Crippen molar-refractivity contribution in [3.63, 3.8) is 0 Å². The molecule has 130 valence electrons. The third-order valence-corrected chi connectivity index (χ3v) is 4.31. The standard InChI is InChI=1S/C18H24N2O4/c1-12-11-14(19-16(21)9-10-17(22)23)7-8-15(12)20-18(24)13-5-3-2-4-6-13/h7-8,11,13H,2-6,9-10H2,1H3,(H,19,21)(H,20,24)(H,22,23). The van der Waals surface area contributed by atoms with Crippen LogP contribution in [0.1, 0.15) is 50.5 Å². The lowest BCUT2D eigenvalue weighted by atomic mass is 9.88. The Bertz CT molecular complexity index is 621. The molecule has 2 rings (SSSR count). The van der Waals surface area contributed by atoms with Crippen molar-refractivity contribution in [1.29, 1.82) is 0 Å². The summed E-state index contributed by atoms with van der Waals surface area (Å²) in [5.74, 6) is -1.18. The van der Waals surface area contributed by atoms with Gasteiger partial charge in [0.05, 0.1) is 6.42 Å². The molecule has 1 aliphatic rings. The lowest BCUT2D eigenvalue weighted by molar-refractivity contribution is -0.138. The minimum absolute atomic E-state index is 0.0610. The van der Waals surface area contributed by atoms with Gasteiger partial charge < -0.3 is 15.7 Å². The molecule has 6 nitrogen and oxygen atoms in total. The molecule has 0 heterocycles. The Morgan fingerprint density at radius 2 is 1.79 bits per heavy atom. The highest BCUT2D eigenvalue weighted by Crippen LogP contribution is 2.26. The number of aryl methyl sites for hydroxylation is 1. The van der Waals surface area contributed by atoms with Crippen LogP contribution in [0, 0.1) is 12.8 Å². The summed E-state index contributed by atoms with van der Waals surface area (Å²) in [4.78, 5) is 34.4. The van der Waals surface area contributed by atoms with Gasteiger partial charge in [-0.2, -0.15) is 0 Å². The van der Waals surface area contributed by atoms with Gasteiger partial charge in [0, 0.05) is 23.7 Å². The predicted molar refractivity (Wildman–Crippen MR) is 91.9 cm³/mol. The Kier molecular flexibility index (Phi) is 6.35. The van der Waals surface area contributed by atoms with E-state index < -0.39 is 5.97 Å². The van der Waals surface area contributed by atoms with Crippen LogP contribution in [-0.4, -0.2) is 22.9 Å². The Balaban J connectivity index is 1.92. The van der Waals surface area contributed by atoms with E-state index in [2.05, 4.69) is 10.6 Å². The zero-order chi connectivity index (χ0) is 17.5. The molecule has 3 N–H and O–H groups in total. The second-order valence-electron chi connectivity index (χ2n) is 6.30. The fourth-order valence-corrected chi connectivity index (χ4v) is 2.93. The van der Waals surface area contributed by atoms with E-state index in [0.29, 0.717) is 5.69 Å². The van der Waals surface area contributed by atoms with Gasteiger partial charge in [0.15, 0.2) is 0 Å². The number of aliphatic carboxylic acids is 1. The van der Waals surface area contributed by atoms with Gasteiger partial charge in [-0.3, -0.25) is 14.4 Å². The summed E-state index contributed by atoms with van der Waals surface area (Å²) in [6.45, 7) is 1.86. The van der Waals surface area contributed by atoms with E-state index in [4.69, 9.17) is 5.11 Å². The number of hydrogen-bond donors (Lipinski definition) is 3. The van der Waals surface area contributed by atoms with E-state index in [0.717, 1.165) is 36.9 Å². The molecule has 0 aliphatic heterocycles. The maximum atomic E-state index is 12.3. The van der Waals surface area contributed by atoms with Gasteiger partial charge in [0.2, 0.25) is 11.8 Å². The lowest BCUT2D eigenvalue weighted by Crippen LogP contribution is -2.25. The van der Waals surface area contributed by atoms with Crippen LogP contribution < -0.4 is 10.6 Å². The zero-order valence-electron chi connectivity index (χ0n) is 13.9. The minimum Gasteiger partial charge on any atom is -0.481 e. The van der Waals surface area contributed by atoms with Crippen LogP contribution in [0.2, 0.25) is 0 Å². The number of rotatable bonds is 6. The van der Waals surface area contributed by atoms with Gasteiger partial charge in [-0.05, 0) is 43.5 Å². The Hall–Kier alpha value is -2.37. The third kappa shape index (κ3) is 5.37. The number of amides is 2.